The zero-order valence-corrected chi connectivity index (χ0v) is 13.1. The van der Waals surface area contributed by atoms with Gasteiger partial charge in [0.05, 0.1) is 13.2 Å². The fourth-order valence-electron chi connectivity index (χ4n) is 3.85. The molecule has 1 heterocycles. The Morgan fingerprint density at radius 1 is 1.29 bits per heavy atom. The highest BCUT2D eigenvalue weighted by Gasteiger charge is 2.48. The predicted molar refractivity (Wildman–Crippen MR) is 82.0 cm³/mol. The molecule has 1 aliphatic heterocycles. The molecule has 116 valence electrons. The van der Waals surface area contributed by atoms with Crippen LogP contribution in [0.25, 0.3) is 0 Å². The number of fused-ring (bicyclic) bond motifs is 1. The molecule has 3 atom stereocenters. The van der Waals surface area contributed by atoms with E-state index in [0.29, 0.717) is 6.04 Å². The van der Waals surface area contributed by atoms with Gasteiger partial charge in [-0.2, -0.15) is 0 Å². The van der Waals surface area contributed by atoms with E-state index in [1.54, 1.807) is 14.2 Å². The molecule has 1 spiro atoms. The zero-order valence-electron chi connectivity index (χ0n) is 13.1. The van der Waals surface area contributed by atoms with Crippen LogP contribution in [0, 0.1) is 0 Å². The topological polar surface area (TPSA) is 39.7 Å². The Bertz CT molecular complexity index is 505. The van der Waals surface area contributed by atoms with E-state index in [4.69, 9.17) is 14.2 Å². The monoisotopic (exact) mass is 291 g/mol. The number of benzene rings is 1. The SMILES string of the molecule is CNC1CC2(CCCCC2OC)Oc2cc(OC)ccc21. The van der Waals surface area contributed by atoms with Crippen LogP contribution in [0.15, 0.2) is 18.2 Å². The zero-order chi connectivity index (χ0) is 14.9. The van der Waals surface area contributed by atoms with Crippen molar-refractivity contribution in [2.75, 3.05) is 21.3 Å². The molecule has 0 amide bonds. The second-order valence-corrected chi connectivity index (χ2v) is 6.09. The molecule has 4 nitrogen and oxygen atoms in total. The van der Waals surface area contributed by atoms with Gasteiger partial charge in [-0.3, -0.25) is 0 Å². The van der Waals surface area contributed by atoms with E-state index >= 15 is 0 Å². The highest BCUT2D eigenvalue weighted by atomic mass is 16.5. The molecule has 3 rings (SSSR count). The molecule has 1 saturated carbocycles. The fraction of sp³-hybridized carbons (Fsp3) is 0.647. The Morgan fingerprint density at radius 3 is 2.86 bits per heavy atom. The maximum absolute atomic E-state index is 6.49. The van der Waals surface area contributed by atoms with E-state index < -0.39 is 0 Å². The van der Waals surface area contributed by atoms with Gasteiger partial charge in [0, 0.05) is 31.2 Å². The van der Waals surface area contributed by atoms with Crippen molar-refractivity contribution in [3.05, 3.63) is 23.8 Å². The van der Waals surface area contributed by atoms with E-state index in [9.17, 15) is 0 Å². The first-order valence-electron chi connectivity index (χ1n) is 7.79. The van der Waals surface area contributed by atoms with E-state index in [2.05, 4.69) is 11.4 Å². The third kappa shape index (κ3) is 2.51. The summed E-state index contributed by atoms with van der Waals surface area (Å²) in [6.45, 7) is 0. The molecule has 1 aliphatic carbocycles. The van der Waals surface area contributed by atoms with Crippen LogP contribution in [0.1, 0.15) is 43.7 Å². The van der Waals surface area contributed by atoms with Gasteiger partial charge in [0.25, 0.3) is 0 Å². The van der Waals surface area contributed by atoms with Crippen molar-refractivity contribution in [2.45, 2.75) is 49.9 Å². The molecular weight excluding hydrogens is 266 g/mol. The maximum atomic E-state index is 6.49. The lowest BCUT2D eigenvalue weighted by Gasteiger charge is -2.48. The number of hydrogen-bond donors (Lipinski definition) is 1. The molecule has 0 aromatic heterocycles. The average molecular weight is 291 g/mol. The lowest BCUT2D eigenvalue weighted by molar-refractivity contribution is -0.115. The van der Waals surface area contributed by atoms with Gasteiger partial charge in [0.1, 0.15) is 17.1 Å². The first kappa shape index (κ1) is 14.7. The minimum absolute atomic E-state index is 0.168. The smallest absolute Gasteiger partial charge is 0.137 e. The van der Waals surface area contributed by atoms with E-state index in [1.807, 2.05) is 19.2 Å². The highest BCUT2D eigenvalue weighted by Crippen LogP contribution is 2.47. The van der Waals surface area contributed by atoms with Crippen molar-refractivity contribution in [1.82, 2.24) is 5.32 Å². The summed E-state index contributed by atoms with van der Waals surface area (Å²) in [5, 5.41) is 3.44. The van der Waals surface area contributed by atoms with Gasteiger partial charge in [0.15, 0.2) is 0 Å². The van der Waals surface area contributed by atoms with Gasteiger partial charge in [-0.05, 0) is 32.4 Å². The third-order valence-corrected chi connectivity index (χ3v) is 5.00. The molecule has 0 saturated heterocycles. The number of hydrogen-bond acceptors (Lipinski definition) is 4. The molecule has 1 aromatic carbocycles. The summed E-state index contributed by atoms with van der Waals surface area (Å²) in [5.41, 5.74) is 1.00. The Kier molecular flexibility index (Phi) is 4.09. The maximum Gasteiger partial charge on any atom is 0.137 e. The largest absolute Gasteiger partial charge is 0.497 e. The molecule has 0 bridgehead atoms. The van der Waals surface area contributed by atoms with Crippen LogP contribution < -0.4 is 14.8 Å². The van der Waals surface area contributed by atoms with Crippen molar-refractivity contribution in [3.8, 4) is 11.5 Å². The number of methoxy groups -OCH3 is 2. The fourth-order valence-corrected chi connectivity index (χ4v) is 3.85. The van der Waals surface area contributed by atoms with Crippen LogP contribution in [0.2, 0.25) is 0 Å². The van der Waals surface area contributed by atoms with Crippen molar-refractivity contribution >= 4 is 0 Å². The van der Waals surface area contributed by atoms with Gasteiger partial charge in [-0.15, -0.1) is 0 Å². The average Bonchev–Trinajstić information content (AvgIpc) is 2.53. The van der Waals surface area contributed by atoms with Crippen molar-refractivity contribution < 1.29 is 14.2 Å². The summed E-state index contributed by atoms with van der Waals surface area (Å²) < 4.78 is 17.6. The molecule has 21 heavy (non-hydrogen) atoms. The van der Waals surface area contributed by atoms with Crippen LogP contribution >= 0.6 is 0 Å². The van der Waals surface area contributed by atoms with Gasteiger partial charge in [-0.25, -0.2) is 0 Å². The lowest BCUT2D eigenvalue weighted by atomic mass is 9.75. The second-order valence-electron chi connectivity index (χ2n) is 6.09. The van der Waals surface area contributed by atoms with Crippen LogP contribution in [-0.4, -0.2) is 33.0 Å². The van der Waals surface area contributed by atoms with Gasteiger partial charge >= 0.3 is 0 Å². The van der Waals surface area contributed by atoms with Gasteiger partial charge < -0.3 is 19.5 Å². The predicted octanol–water partition coefficient (Wildman–Crippen LogP) is 3.07. The van der Waals surface area contributed by atoms with Crippen LogP contribution in [0.3, 0.4) is 0 Å². The Morgan fingerprint density at radius 2 is 2.14 bits per heavy atom. The van der Waals surface area contributed by atoms with Crippen molar-refractivity contribution in [1.29, 1.82) is 0 Å². The minimum Gasteiger partial charge on any atom is -0.497 e. The summed E-state index contributed by atoms with van der Waals surface area (Å²) in [6.07, 6.45) is 5.68. The van der Waals surface area contributed by atoms with Crippen LogP contribution in [0.4, 0.5) is 0 Å². The second kappa shape index (κ2) is 5.85. The van der Waals surface area contributed by atoms with Crippen LogP contribution in [0.5, 0.6) is 11.5 Å². The molecule has 3 unspecified atom stereocenters. The van der Waals surface area contributed by atoms with E-state index in [0.717, 1.165) is 30.8 Å². The summed E-state index contributed by atoms with van der Waals surface area (Å²) >= 11 is 0. The standard InChI is InChI=1S/C17H25NO3/c1-18-14-11-17(9-5-4-6-16(17)20-3)21-15-10-12(19-2)7-8-13(14)15/h7-8,10,14,16,18H,4-6,9,11H2,1-3H3. The lowest BCUT2D eigenvalue weighted by Crippen LogP contribution is -2.54. The third-order valence-electron chi connectivity index (χ3n) is 5.00. The summed E-state index contributed by atoms with van der Waals surface area (Å²) in [4.78, 5) is 0. The molecular formula is C17H25NO3. The van der Waals surface area contributed by atoms with E-state index in [1.165, 1.54) is 18.4 Å². The van der Waals surface area contributed by atoms with Crippen molar-refractivity contribution in [3.63, 3.8) is 0 Å². The van der Waals surface area contributed by atoms with Crippen LogP contribution in [-0.2, 0) is 4.74 Å². The van der Waals surface area contributed by atoms with Crippen molar-refractivity contribution in [2.24, 2.45) is 0 Å². The number of rotatable bonds is 3. The summed E-state index contributed by atoms with van der Waals surface area (Å²) in [6, 6.07) is 6.41. The Balaban J connectivity index is 1.99. The quantitative estimate of drug-likeness (QED) is 0.929. The van der Waals surface area contributed by atoms with Gasteiger partial charge in [-0.1, -0.05) is 12.5 Å². The molecule has 2 aliphatic rings. The molecule has 4 heteroatoms. The summed E-state index contributed by atoms with van der Waals surface area (Å²) in [5.74, 6) is 1.77. The first-order valence-corrected chi connectivity index (χ1v) is 7.79. The normalized spacial score (nSPS) is 31.6. The minimum atomic E-state index is -0.208. The molecule has 1 aromatic rings. The number of nitrogens with one attached hydrogen (secondary N) is 1. The first-order chi connectivity index (χ1) is 10.2. The highest BCUT2D eigenvalue weighted by molar-refractivity contribution is 5.45. The molecule has 1 N–H and O–H groups in total. The van der Waals surface area contributed by atoms with Gasteiger partial charge in [0.2, 0.25) is 0 Å². The molecule has 0 radical (unpaired) electrons. The summed E-state index contributed by atoms with van der Waals surface area (Å²) in [7, 11) is 5.51. The molecule has 1 fully saturated rings. The van der Waals surface area contributed by atoms with E-state index in [-0.39, 0.29) is 11.7 Å². The Hall–Kier alpha value is -1.26. The number of ether oxygens (including phenoxy) is 3. The Labute approximate surface area is 126 Å².